The van der Waals surface area contributed by atoms with Crippen LogP contribution in [0.15, 0.2) is 18.2 Å². The molecule has 0 N–H and O–H groups in total. The highest BCUT2D eigenvalue weighted by Crippen LogP contribution is 2.23. The average molecular weight is 252 g/mol. The van der Waals surface area contributed by atoms with Gasteiger partial charge in [0.05, 0.1) is 5.88 Å². The van der Waals surface area contributed by atoms with Crippen LogP contribution in [0.5, 0.6) is 0 Å². The predicted octanol–water partition coefficient (Wildman–Crippen LogP) is 3.43. The maximum Gasteiger partial charge on any atom is 0.152 e. The highest BCUT2D eigenvalue weighted by molar-refractivity contribution is 6.33. The number of alkyl halides is 2. The fraction of sp³-hybridized carbons (Fsp3) is 0.300. The van der Waals surface area contributed by atoms with Crippen molar-refractivity contribution in [3.8, 4) is 0 Å². The van der Waals surface area contributed by atoms with Crippen LogP contribution in [0.3, 0.4) is 0 Å². The van der Waals surface area contributed by atoms with Gasteiger partial charge in [0.2, 0.25) is 0 Å². The number of hydrogen-bond donors (Lipinski definition) is 0. The van der Waals surface area contributed by atoms with Crippen molar-refractivity contribution in [2.45, 2.75) is 12.3 Å². The van der Waals surface area contributed by atoms with Crippen LogP contribution >= 0.6 is 34.8 Å². The molecule has 0 aromatic heterocycles. The van der Waals surface area contributed by atoms with Gasteiger partial charge in [0.15, 0.2) is 5.78 Å². The first-order chi connectivity index (χ1) is 6.69. The molecule has 0 heterocycles. The zero-order valence-corrected chi connectivity index (χ0v) is 9.66. The largest absolute Gasteiger partial charge is 0.298 e. The number of carbonyl (C=O) groups excluding carboxylic acids is 1. The first-order valence-corrected chi connectivity index (χ1v) is 5.53. The smallest absolute Gasteiger partial charge is 0.152 e. The lowest BCUT2D eigenvalue weighted by molar-refractivity contribution is -0.116. The molecule has 0 atom stereocenters. The summed E-state index contributed by atoms with van der Waals surface area (Å²) >= 11 is 17.1. The van der Waals surface area contributed by atoms with Gasteiger partial charge >= 0.3 is 0 Å². The van der Waals surface area contributed by atoms with Gasteiger partial charge in [-0.25, -0.2) is 0 Å². The van der Waals surface area contributed by atoms with E-state index in [1.54, 1.807) is 0 Å². The summed E-state index contributed by atoms with van der Waals surface area (Å²) in [6.45, 7) is 0. The lowest BCUT2D eigenvalue weighted by atomic mass is 10.1. The molecule has 1 nitrogen and oxygen atoms in total. The van der Waals surface area contributed by atoms with E-state index in [-0.39, 0.29) is 18.1 Å². The van der Waals surface area contributed by atoms with Crippen LogP contribution < -0.4 is 0 Å². The Labute approximate surface area is 98.0 Å². The number of Topliss-reactive ketones (excluding diaryl/α,β-unsaturated/α-hetero) is 1. The number of carbonyl (C=O) groups is 1. The Morgan fingerprint density at radius 3 is 2.43 bits per heavy atom. The quantitative estimate of drug-likeness (QED) is 0.749. The van der Waals surface area contributed by atoms with Gasteiger partial charge in [-0.2, -0.15) is 0 Å². The minimum atomic E-state index is -0.0414. The van der Waals surface area contributed by atoms with Crippen molar-refractivity contribution >= 4 is 40.6 Å². The van der Waals surface area contributed by atoms with Gasteiger partial charge in [-0.05, 0) is 11.1 Å². The fourth-order valence-corrected chi connectivity index (χ4v) is 1.78. The van der Waals surface area contributed by atoms with Crippen molar-refractivity contribution in [1.29, 1.82) is 0 Å². The molecule has 0 aliphatic rings. The van der Waals surface area contributed by atoms with E-state index in [2.05, 4.69) is 0 Å². The minimum Gasteiger partial charge on any atom is -0.298 e. The van der Waals surface area contributed by atoms with E-state index in [9.17, 15) is 4.79 Å². The van der Waals surface area contributed by atoms with Crippen LogP contribution in [0.25, 0.3) is 0 Å². The molecule has 4 heteroatoms. The molecule has 0 saturated heterocycles. The molecule has 0 radical (unpaired) electrons. The Morgan fingerprint density at radius 2 is 1.86 bits per heavy atom. The molecule has 0 fully saturated rings. The Morgan fingerprint density at radius 1 is 1.21 bits per heavy atom. The van der Waals surface area contributed by atoms with E-state index in [1.165, 1.54) is 0 Å². The maximum absolute atomic E-state index is 11.1. The van der Waals surface area contributed by atoms with E-state index in [4.69, 9.17) is 34.8 Å². The van der Waals surface area contributed by atoms with Crippen LogP contribution in [-0.4, -0.2) is 11.7 Å². The molecule has 0 unspecified atom stereocenters. The Balaban J connectivity index is 2.92. The first-order valence-electron chi connectivity index (χ1n) is 4.09. The van der Waals surface area contributed by atoms with Gasteiger partial charge in [0.25, 0.3) is 0 Å². The number of hydrogen-bond acceptors (Lipinski definition) is 1. The molecular weight excluding hydrogens is 242 g/mol. The SMILES string of the molecule is O=C(CCl)Cc1cccc(CCl)c1Cl. The molecule has 0 spiro atoms. The number of ketones is 1. The average Bonchev–Trinajstić information content (AvgIpc) is 2.21. The molecule has 0 aliphatic carbocycles. The summed E-state index contributed by atoms with van der Waals surface area (Å²) in [6, 6.07) is 5.48. The molecular formula is C10H9Cl3O. The highest BCUT2D eigenvalue weighted by atomic mass is 35.5. The van der Waals surface area contributed by atoms with Gasteiger partial charge < -0.3 is 0 Å². The summed E-state index contributed by atoms with van der Waals surface area (Å²) in [6.07, 6.45) is 0.271. The molecule has 0 aliphatic heterocycles. The molecule has 76 valence electrons. The van der Waals surface area contributed by atoms with E-state index in [0.717, 1.165) is 11.1 Å². The molecule has 0 amide bonds. The van der Waals surface area contributed by atoms with Gasteiger partial charge in [-0.1, -0.05) is 29.8 Å². The lowest BCUT2D eigenvalue weighted by Crippen LogP contribution is -2.04. The summed E-state index contributed by atoms with van der Waals surface area (Å²) in [4.78, 5) is 11.1. The van der Waals surface area contributed by atoms with Gasteiger partial charge in [0.1, 0.15) is 0 Å². The number of benzene rings is 1. The number of rotatable bonds is 4. The highest BCUT2D eigenvalue weighted by Gasteiger charge is 2.08. The van der Waals surface area contributed by atoms with Crippen LogP contribution in [0.1, 0.15) is 11.1 Å². The van der Waals surface area contributed by atoms with Crippen LogP contribution in [0.4, 0.5) is 0 Å². The van der Waals surface area contributed by atoms with Crippen molar-refractivity contribution in [2.24, 2.45) is 0 Å². The number of halogens is 3. The Hall–Kier alpha value is -0.240. The third kappa shape index (κ3) is 2.88. The van der Waals surface area contributed by atoms with Crippen molar-refractivity contribution in [2.75, 3.05) is 5.88 Å². The zero-order valence-electron chi connectivity index (χ0n) is 7.40. The second kappa shape index (κ2) is 5.59. The van der Waals surface area contributed by atoms with E-state index < -0.39 is 0 Å². The first kappa shape index (κ1) is 11.8. The Bertz CT molecular complexity index is 336. The summed E-state index contributed by atoms with van der Waals surface area (Å²) in [5, 5.41) is 0.570. The predicted molar refractivity (Wildman–Crippen MR) is 60.4 cm³/mol. The Kier molecular flexibility index (Phi) is 4.73. The molecule has 0 saturated carbocycles. The van der Waals surface area contributed by atoms with Crippen LogP contribution in [0, 0.1) is 0 Å². The van der Waals surface area contributed by atoms with Crippen molar-refractivity contribution in [1.82, 2.24) is 0 Å². The van der Waals surface area contributed by atoms with E-state index in [0.29, 0.717) is 10.9 Å². The van der Waals surface area contributed by atoms with E-state index in [1.807, 2.05) is 18.2 Å². The molecule has 14 heavy (non-hydrogen) atoms. The summed E-state index contributed by atoms with van der Waals surface area (Å²) in [7, 11) is 0. The lowest BCUT2D eigenvalue weighted by Gasteiger charge is -2.05. The summed E-state index contributed by atoms with van der Waals surface area (Å²) in [5.74, 6) is 0.323. The third-order valence-corrected chi connectivity index (χ3v) is 2.91. The second-order valence-corrected chi connectivity index (χ2v) is 3.79. The van der Waals surface area contributed by atoms with Crippen molar-refractivity contribution in [3.63, 3.8) is 0 Å². The third-order valence-electron chi connectivity index (χ3n) is 1.84. The van der Waals surface area contributed by atoms with Gasteiger partial charge in [0, 0.05) is 17.3 Å². The van der Waals surface area contributed by atoms with Gasteiger partial charge in [-0.15, -0.1) is 23.2 Å². The second-order valence-electron chi connectivity index (χ2n) is 2.87. The standard InChI is InChI=1S/C10H9Cl3O/c11-5-8-3-1-2-7(10(8)13)4-9(14)6-12/h1-3H,4-6H2. The normalized spacial score (nSPS) is 10.2. The molecule has 1 rings (SSSR count). The molecule has 1 aromatic rings. The minimum absolute atomic E-state index is 0.0153. The van der Waals surface area contributed by atoms with Crippen molar-refractivity contribution in [3.05, 3.63) is 34.3 Å². The van der Waals surface area contributed by atoms with Crippen LogP contribution in [-0.2, 0) is 17.1 Å². The molecule has 0 bridgehead atoms. The monoisotopic (exact) mass is 250 g/mol. The molecule has 1 aromatic carbocycles. The van der Waals surface area contributed by atoms with Gasteiger partial charge in [-0.3, -0.25) is 4.79 Å². The topological polar surface area (TPSA) is 17.1 Å². The zero-order chi connectivity index (χ0) is 10.6. The van der Waals surface area contributed by atoms with Crippen molar-refractivity contribution < 1.29 is 4.79 Å². The summed E-state index contributed by atoms with van der Waals surface area (Å²) in [5.41, 5.74) is 1.63. The van der Waals surface area contributed by atoms with E-state index >= 15 is 0 Å². The summed E-state index contributed by atoms with van der Waals surface area (Å²) < 4.78 is 0. The fourth-order valence-electron chi connectivity index (χ4n) is 1.13. The maximum atomic E-state index is 11.1. The van der Waals surface area contributed by atoms with Crippen LogP contribution in [0.2, 0.25) is 5.02 Å².